The summed E-state index contributed by atoms with van der Waals surface area (Å²) in [6.45, 7) is 3.94. The van der Waals surface area contributed by atoms with Crippen LogP contribution in [0.5, 0.6) is 17.2 Å². The second-order valence-electron chi connectivity index (χ2n) is 6.12. The van der Waals surface area contributed by atoms with Crippen LogP contribution in [0.4, 0.5) is 0 Å². The third kappa shape index (κ3) is 5.67. The molecule has 3 aromatic rings. The summed E-state index contributed by atoms with van der Waals surface area (Å²) in [5, 5.41) is 16.9. The number of thioether (sulfide) groups is 1. The van der Waals surface area contributed by atoms with Crippen molar-refractivity contribution in [2.75, 3.05) is 20.8 Å². The molecule has 0 aliphatic carbocycles. The van der Waals surface area contributed by atoms with E-state index in [1.165, 1.54) is 6.08 Å². The predicted octanol–water partition coefficient (Wildman–Crippen LogP) is 4.27. The van der Waals surface area contributed by atoms with Crippen LogP contribution in [0.3, 0.4) is 0 Å². The molecule has 0 saturated carbocycles. The Kier molecular flexibility index (Phi) is 7.34. The Bertz CT molecular complexity index is 1090. The number of carboxylic acids is 1. The van der Waals surface area contributed by atoms with Crippen molar-refractivity contribution in [1.82, 2.24) is 15.2 Å². The van der Waals surface area contributed by atoms with Crippen molar-refractivity contribution in [3.8, 4) is 28.6 Å². The molecule has 0 aliphatic rings. The fourth-order valence-electron chi connectivity index (χ4n) is 2.62. The number of ether oxygens (including phenoxy) is 3. The van der Waals surface area contributed by atoms with Gasteiger partial charge in [-0.05, 0) is 36.0 Å². The van der Waals surface area contributed by atoms with E-state index in [-0.39, 0.29) is 10.1 Å². The van der Waals surface area contributed by atoms with Crippen molar-refractivity contribution in [3.05, 3.63) is 65.6 Å². The van der Waals surface area contributed by atoms with Gasteiger partial charge in [-0.3, -0.25) is 5.10 Å². The van der Waals surface area contributed by atoms with Gasteiger partial charge >= 0.3 is 5.97 Å². The highest BCUT2D eigenvalue weighted by Crippen LogP contribution is 2.32. The van der Waals surface area contributed by atoms with Gasteiger partial charge in [0.05, 0.1) is 14.2 Å². The Hall–Kier alpha value is -3.72. The first kappa shape index (κ1) is 22.0. The minimum Gasteiger partial charge on any atom is -0.497 e. The summed E-state index contributed by atoms with van der Waals surface area (Å²) in [7, 11) is 3.11. The fourth-order valence-corrected chi connectivity index (χ4v) is 3.32. The molecule has 0 bridgehead atoms. The molecule has 8 nitrogen and oxygen atoms in total. The lowest BCUT2D eigenvalue weighted by Gasteiger charge is -2.07. The number of carboxylic acid groups (broad SMARTS) is 1. The lowest BCUT2D eigenvalue weighted by Crippen LogP contribution is -1.99. The topological polar surface area (TPSA) is 107 Å². The van der Waals surface area contributed by atoms with Gasteiger partial charge in [0.15, 0.2) is 5.82 Å². The zero-order chi connectivity index (χ0) is 22.2. The minimum atomic E-state index is -1.10. The summed E-state index contributed by atoms with van der Waals surface area (Å²) in [6, 6.07) is 12.4. The zero-order valence-corrected chi connectivity index (χ0v) is 17.8. The number of aromatic amines is 1. The summed E-state index contributed by atoms with van der Waals surface area (Å²) in [5.74, 6) is 1.11. The van der Waals surface area contributed by atoms with Crippen LogP contribution in [-0.4, -0.2) is 47.1 Å². The van der Waals surface area contributed by atoms with E-state index in [1.54, 1.807) is 56.7 Å². The predicted molar refractivity (Wildman–Crippen MR) is 119 cm³/mol. The first-order valence-corrected chi connectivity index (χ1v) is 9.97. The molecular formula is C22H21N3O5S. The van der Waals surface area contributed by atoms with E-state index in [0.29, 0.717) is 40.8 Å². The molecule has 31 heavy (non-hydrogen) atoms. The lowest BCUT2D eigenvalue weighted by molar-refractivity contribution is -0.131. The zero-order valence-electron chi connectivity index (χ0n) is 17.0. The van der Waals surface area contributed by atoms with Gasteiger partial charge in [-0.1, -0.05) is 30.9 Å². The minimum absolute atomic E-state index is 0.0448. The number of para-hydroxylation sites is 1. The van der Waals surface area contributed by atoms with Gasteiger partial charge in [0.25, 0.3) is 0 Å². The van der Waals surface area contributed by atoms with E-state index in [2.05, 4.69) is 21.8 Å². The van der Waals surface area contributed by atoms with Crippen molar-refractivity contribution in [3.63, 3.8) is 0 Å². The molecule has 2 aromatic carbocycles. The SMILES string of the molecule is C=CCOc1ccccc1/C=C(\Sc1n[nH]c(-c2cc(OC)cc(OC)c2)n1)C(=O)O. The van der Waals surface area contributed by atoms with E-state index >= 15 is 0 Å². The Morgan fingerprint density at radius 2 is 1.90 bits per heavy atom. The molecular weight excluding hydrogens is 418 g/mol. The molecule has 2 N–H and O–H groups in total. The maximum atomic E-state index is 11.8. The van der Waals surface area contributed by atoms with Gasteiger partial charge in [-0.15, -0.1) is 5.10 Å². The first-order valence-electron chi connectivity index (χ1n) is 9.15. The molecule has 1 heterocycles. The summed E-state index contributed by atoms with van der Waals surface area (Å²) in [5.41, 5.74) is 1.32. The number of aromatic nitrogens is 3. The molecule has 3 rings (SSSR count). The van der Waals surface area contributed by atoms with Gasteiger partial charge in [0.2, 0.25) is 5.16 Å². The molecule has 0 aliphatic heterocycles. The number of nitrogens with one attached hydrogen (secondary N) is 1. The molecule has 0 unspecified atom stereocenters. The van der Waals surface area contributed by atoms with Gasteiger partial charge in [-0.2, -0.15) is 0 Å². The van der Waals surface area contributed by atoms with E-state index < -0.39 is 5.97 Å². The normalized spacial score (nSPS) is 11.1. The molecule has 0 spiro atoms. The molecule has 0 amide bonds. The third-order valence-corrected chi connectivity index (χ3v) is 4.94. The molecule has 0 atom stereocenters. The van der Waals surface area contributed by atoms with Crippen LogP contribution in [0.15, 0.2) is 65.2 Å². The highest BCUT2D eigenvalue weighted by molar-refractivity contribution is 8.04. The fraction of sp³-hybridized carbons (Fsp3) is 0.136. The Morgan fingerprint density at radius 3 is 2.55 bits per heavy atom. The quantitative estimate of drug-likeness (QED) is 0.274. The van der Waals surface area contributed by atoms with E-state index in [9.17, 15) is 9.90 Å². The number of nitrogens with zero attached hydrogens (tertiary/aromatic N) is 2. The van der Waals surface area contributed by atoms with Crippen LogP contribution < -0.4 is 14.2 Å². The smallest absolute Gasteiger partial charge is 0.342 e. The third-order valence-electron chi connectivity index (χ3n) is 4.06. The monoisotopic (exact) mass is 439 g/mol. The molecule has 9 heteroatoms. The van der Waals surface area contributed by atoms with E-state index in [4.69, 9.17) is 14.2 Å². The largest absolute Gasteiger partial charge is 0.497 e. The maximum absolute atomic E-state index is 11.8. The number of hydrogen-bond donors (Lipinski definition) is 2. The average molecular weight is 439 g/mol. The molecule has 0 saturated heterocycles. The highest BCUT2D eigenvalue weighted by atomic mass is 32.2. The van der Waals surface area contributed by atoms with Crippen molar-refractivity contribution < 1.29 is 24.1 Å². The van der Waals surface area contributed by atoms with Crippen LogP contribution in [0.25, 0.3) is 17.5 Å². The number of methoxy groups -OCH3 is 2. The summed E-state index contributed by atoms with van der Waals surface area (Å²) in [6.07, 6.45) is 3.14. The second-order valence-corrected chi connectivity index (χ2v) is 7.13. The number of rotatable bonds is 10. The average Bonchev–Trinajstić information content (AvgIpc) is 3.26. The lowest BCUT2D eigenvalue weighted by atomic mass is 10.2. The Balaban J connectivity index is 1.88. The van der Waals surface area contributed by atoms with E-state index in [0.717, 1.165) is 11.8 Å². The summed E-state index contributed by atoms with van der Waals surface area (Å²) < 4.78 is 16.1. The molecule has 160 valence electrons. The Labute approximate surface area is 183 Å². The number of benzene rings is 2. The van der Waals surface area contributed by atoms with Gasteiger partial charge in [0.1, 0.15) is 28.8 Å². The summed E-state index contributed by atoms with van der Waals surface area (Å²) >= 11 is 0.929. The number of aliphatic carboxylic acids is 1. The van der Waals surface area contributed by atoms with Crippen LogP contribution in [0, 0.1) is 0 Å². The first-order chi connectivity index (χ1) is 15.0. The van der Waals surface area contributed by atoms with Gasteiger partial charge in [0, 0.05) is 17.2 Å². The van der Waals surface area contributed by atoms with Crippen LogP contribution in [0.1, 0.15) is 5.56 Å². The van der Waals surface area contributed by atoms with Gasteiger partial charge < -0.3 is 19.3 Å². The van der Waals surface area contributed by atoms with E-state index in [1.807, 2.05) is 6.07 Å². The van der Waals surface area contributed by atoms with Gasteiger partial charge in [-0.25, -0.2) is 9.78 Å². The number of carbonyl (C=O) groups is 1. The molecule has 0 radical (unpaired) electrons. The van der Waals surface area contributed by atoms with Crippen LogP contribution in [0.2, 0.25) is 0 Å². The highest BCUT2D eigenvalue weighted by Gasteiger charge is 2.16. The molecule has 0 fully saturated rings. The van der Waals surface area contributed by atoms with Crippen molar-refractivity contribution >= 4 is 23.8 Å². The van der Waals surface area contributed by atoms with Crippen molar-refractivity contribution in [2.45, 2.75) is 5.16 Å². The standard InChI is InChI=1S/C22H21N3O5S/c1-4-9-30-18-8-6-5-7-14(18)12-19(21(26)27)31-22-23-20(24-25-22)15-10-16(28-2)13-17(11-15)29-3/h4-8,10-13H,1,9H2,2-3H3,(H,26,27)(H,23,24,25)/b19-12-. The van der Waals surface area contributed by atoms with Crippen molar-refractivity contribution in [2.24, 2.45) is 0 Å². The maximum Gasteiger partial charge on any atom is 0.342 e. The summed E-state index contributed by atoms with van der Waals surface area (Å²) in [4.78, 5) is 16.3. The van der Waals surface area contributed by atoms with Crippen LogP contribution >= 0.6 is 11.8 Å². The van der Waals surface area contributed by atoms with Crippen LogP contribution in [-0.2, 0) is 4.79 Å². The van der Waals surface area contributed by atoms with Crippen molar-refractivity contribution in [1.29, 1.82) is 0 Å². The number of H-pyrrole nitrogens is 1. The second kappa shape index (κ2) is 10.4. The molecule has 1 aromatic heterocycles. The number of hydrogen-bond acceptors (Lipinski definition) is 7. The Morgan fingerprint density at radius 1 is 1.19 bits per heavy atom.